The topological polar surface area (TPSA) is 85.0 Å². The molecule has 8 nitrogen and oxygen atoms in total. The van der Waals surface area contributed by atoms with Gasteiger partial charge in [0.1, 0.15) is 11.9 Å². The van der Waals surface area contributed by atoms with E-state index in [0.29, 0.717) is 12.1 Å². The fourth-order valence-electron chi connectivity index (χ4n) is 4.23. The molecule has 0 saturated carbocycles. The lowest BCUT2D eigenvalue weighted by Gasteiger charge is -2.22. The molecule has 1 saturated heterocycles. The molecule has 4 rings (SSSR count). The Morgan fingerprint density at radius 1 is 0.919 bits per heavy atom. The Morgan fingerprint density at radius 3 is 2.14 bits per heavy atom. The van der Waals surface area contributed by atoms with Crippen molar-refractivity contribution in [2.75, 3.05) is 48.1 Å². The van der Waals surface area contributed by atoms with Crippen LogP contribution in [0.1, 0.15) is 12.0 Å². The Morgan fingerprint density at radius 2 is 1.54 bits per heavy atom. The molecule has 1 aliphatic heterocycles. The van der Waals surface area contributed by atoms with Crippen molar-refractivity contribution in [1.82, 2.24) is 4.90 Å². The molecule has 1 atom stereocenters. The van der Waals surface area contributed by atoms with Crippen molar-refractivity contribution < 1.29 is 18.8 Å². The zero-order valence-electron chi connectivity index (χ0n) is 21.1. The molecule has 1 unspecified atom stereocenters. The number of amides is 4. The summed E-state index contributed by atoms with van der Waals surface area (Å²) in [6.07, 6.45) is 0.306. The SMILES string of the molecule is CNc1ccc(CCN2C(=O)N(c3ccc(F)cc3)C(=O)C2CC(=O)Nc2ccc(N(C)C)cc2)cc1. The quantitative estimate of drug-likeness (QED) is 0.425. The molecule has 3 aromatic carbocycles. The maximum Gasteiger partial charge on any atom is 0.332 e. The standard InChI is InChI=1S/C28H30FN5O3/c1-30-21-8-4-19(5-9-21)16-17-33-25(18-26(35)31-22-10-14-23(15-11-22)32(2)3)27(36)34(28(33)37)24-12-6-20(29)7-13-24/h4-15,25,30H,16-18H2,1-3H3,(H,31,35). The normalized spacial score (nSPS) is 15.2. The van der Waals surface area contributed by atoms with Gasteiger partial charge in [-0.25, -0.2) is 14.1 Å². The predicted octanol–water partition coefficient (Wildman–Crippen LogP) is 4.34. The summed E-state index contributed by atoms with van der Waals surface area (Å²) in [6.45, 7) is 0.247. The highest BCUT2D eigenvalue weighted by molar-refractivity contribution is 6.22. The van der Waals surface area contributed by atoms with Gasteiger partial charge in [0, 0.05) is 44.7 Å². The minimum atomic E-state index is -0.977. The number of carbonyl (C=O) groups excluding carboxylic acids is 3. The first-order valence-electron chi connectivity index (χ1n) is 12.0. The molecule has 9 heteroatoms. The summed E-state index contributed by atoms with van der Waals surface area (Å²) in [5.74, 6) is -1.37. The number of nitrogens with one attached hydrogen (secondary N) is 2. The first-order chi connectivity index (χ1) is 17.8. The van der Waals surface area contributed by atoms with Crippen LogP contribution in [0.2, 0.25) is 0 Å². The number of halogens is 1. The van der Waals surface area contributed by atoms with Gasteiger partial charge in [-0.2, -0.15) is 0 Å². The molecule has 0 spiro atoms. The molecule has 0 radical (unpaired) electrons. The van der Waals surface area contributed by atoms with Gasteiger partial charge >= 0.3 is 6.03 Å². The molecule has 3 aromatic rings. The molecule has 0 aliphatic carbocycles. The third-order valence-corrected chi connectivity index (χ3v) is 6.33. The highest BCUT2D eigenvalue weighted by Gasteiger charge is 2.46. The van der Waals surface area contributed by atoms with E-state index in [1.165, 1.54) is 29.2 Å². The van der Waals surface area contributed by atoms with E-state index in [1.54, 1.807) is 12.1 Å². The number of anilines is 4. The molecule has 1 heterocycles. The molecular weight excluding hydrogens is 473 g/mol. The summed E-state index contributed by atoms with van der Waals surface area (Å²) in [5.41, 5.74) is 3.80. The third-order valence-electron chi connectivity index (χ3n) is 6.33. The molecule has 1 aliphatic rings. The Balaban J connectivity index is 1.52. The van der Waals surface area contributed by atoms with Crippen LogP contribution in [-0.4, -0.2) is 56.5 Å². The zero-order chi connectivity index (χ0) is 26.5. The summed E-state index contributed by atoms with van der Waals surface area (Å²) in [6, 6.07) is 18.7. The monoisotopic (exact) mass is 503 g/mol. The third kappa shape index (κ3) is 5.88. The summed E-state index contributed by atoms with van der Waals surface area (Å²) >= 11 is 0. The van der Waals surface area contributed by atoms with Gasteiger partial charge in [-0.3, -0.25) is 9.59 Å². The highest BCUT2D eigenvalue weighted by atomic mass is 19.1. The number of nitrogens with zero attached hydrogens (tertiary/aromatic N) is 3. The van der Waals surface area contributed by atoms with Gasteiger partial charge in [-0.1, -0.05) is 12.1 Å². The lowest BCUT2D eigenvalue weighted by atomic mass is 10.1. The van der Waals surface area contributed by atoms with Crippen LogP contribution >= 0.6 is 0 Å². The molecule has 0 bridgehead atoms. The van der Waals surface area contributed by atoms with Crippen molar-refractivity contribution in [3.8, 4) is 0 Å². The molecular formula is C28H30FN5O3. The number of imide groups is 1. The maximum absolute atomic E-state index is 13.5. The first-order valence-corrected chi connectivity index (χ1v) is 12.0. The van der Waals surface area contributed by atoms with E-state index < -0.39 is 23.8 Å². The van der Waals surface area contributed by atoms with E-state index in [2.05, 4.69) is 10.6 Å². The molecule has 0 aromatic heterocycles. The lowest BCUT2D eigenvalue weighted by molar-refractivity contribution is -0.124. The molecule has 192 valence electrons. The minimum Gasteiger partial charge on any atom is -0.388 e. The van der Waals surface area contributed by atoms with Crippen molar-refractivity contribution in [3.63, 3.8) is 0 Å². The minimum absolute atomic E-state index is 0.198. The number of hydrogen-bond acceptors (Lipinski definition) is 5. The first kappa shape index (κ1) is 25.7. The van der Waals surface area contributed by atoms with Gasteiger partial charge in [0.25, 0.3) is 5.91 Å². The Bertz CT molecular complexity index is 1260. The van der Waals surface area contributed by atoms with Crippen LogP contribution in [0.3, 0.4) is 0 Å². The highest BCUT2D eigenvalue weighted by Crippen LogP contribution is 2.28. The van der Waals surface area contributed by atoms with Crippen LogP contribution in [-0.2, 0) is 16.0 Å². The molecule has 37 heavy (non-hydrogen) atoms. The van der Waals surface area contributed by atoms with Crippen LogP contribution < -0.4 is 20.4 Å². The number of carbonyl (C=O) groups is 3. The van der Waals surface area contributed by atoms with Crippen LogP contribution in [0.5, 0.6) is 0 Å². The van der Waals surface area contributed by atoms with Crippen molar-refractivity contribution in [2.45, 2.75) is 18.9 Å². The summed E-state index contributed by atoms with van der Waals surface area (Å²) < 4.78 is 13.5. The van der Waals surface area contributed by atoms with Gasteiger partial charge in [0.05, 0.1) is 12.1 Å². The summed E-state index contributed by atoms with van der Waals surface area (Å²) in [7, 11) is 5.68. The van der Waals surface area contributed by atoms with Gasteiger partial charge in [-0.15, -0.1) is 0 Å². The summed E-state index contributed by atoms with van der Waals surface area (Å²) in [5, 5.41) is 5.88. The molecule has 1 fully saturated rings. The van der Waals surface area contributed by atoms with Crippen LogP contribution in [0.15, 0.2) is 72.8 Å². The largest absolute Gasteiger partial charge is 0.388 e. The fourth-order valence-corrected chi connectivity index (χ4v) is 4.23. The lowest BCUT2D eigenvalue weighted by Crippen LogP contribution is -2.39. The maximum atomic E-state index is 13.5. The van der Waals surface area contributed by atoms with Crippen LogP contribution in [0.25, 0.3) is 0 Å². The van der Waals surface area contributed by atoms with Crippen molar-refractivity contribution in [3.05, 3.63) is 84.2 Å². The van der Waals surface area contributed by atoms with Gasteiger partial charge in [0.15, 0.2) is 0 Å². The number of benzene rings is 3. The van der Waals surface area contributed by atoms with Gasteiger partial charge in [0.2, 0.25) is 5.91 Å². The second kappa shape index (κ2) is 11.1. The van der Waals surface area contributed by atoms with E-state index in [-0.39, 0.29) is 24.6 Å². The zero-order valence-corrected chi connectivity index (χ0v) is 21.1. The van der Waals surface area contributed by atoms with Crippen molar-refractivity contribution in [1.29, 1.82) is 0 Å². The van der Waals surface area contributed by atoms with Crippen molar-refractivity contribution >= 4 is 40.6 Å². The Hall–Kier alpha value is -4.40. The molecule has 2 N–H and O–H groups in total. The predicted molar refractivity (Wildman–Crippen MR) is 143 cm³/mol. The Kier molecular flexibility index (Phi) is 7.71. The van der Waals surface area contributed by atoms with E-state index >= 15 is 0 Å². The van der Waals surface area contributed by atoms with E-state index in [0.717, 1.165) is 21.8 Å². The van der Waals surface area contributed by atoms with E-state index in [4.69, 9.17) is 0 Å². The second-order valence-corrected chi connectivity index (χ2v) is 9.03. The second-order valence-electron chi connectivity index (χ2n) is 9.03. The van der Waals surface area contributed by atoms with Crippen molar-refractivity contribution in [2.24, 2.45) is 0 Å². The average Bonchev–Trinajstić information content (AvgIpc) is 3.12. The van der Waals surface area contributed by atoms with E-state index in [1.807, 2.05) is 62.4 Å². The number of rotatable bonds is 9. The van der Waals surface area contributed by atoms with E-state index in [9.17, 15) is 18.8 Å². The van der Waals surface area contributed by atoms with Gasteiger partial charge < -0.3 is 20.4 Å². The fraction of sp³-hybridized carbons (Fsp3) is 0.250. The smallest absolute Gasteiger partial charge is 0.332 e. The van der Waals surface area contributed by atoms with Crippen LogP contribution in [0, 0.1) is 5.82 Å². The van der Waals surface area contributed by atoms with Gasteiger partial charge in [-0.05, 0) is 72.6 Å². The number of urea groups is 1. The van der Waals surface area contributed by atoms with Crippen LogP contribution in [0.4, 0.5) is 31.9 Å². The Labute approximate surface area is 215 Å². The average molecular weight is 504 g/mol. The number of hydrogen-bond donors (Lipinski definition) is 2. The molecule has 4 amide bonds. The summed E-state index contributed by atoms with van der Waals surface area (Å²) in [4.78, 5) is 44.1.